The Labute approximate surface area is 115 Å². The molecule has 2 N–H and O–H groups in total. The molecule has 3 heteroatoms. The number of rotatable bonds is 4. The Bertz CT molecular complexity index is 448. The molecule has 0 aliphatic heterocycles. The summed E-state index contributed by atoms with van der Waals surface area (Å²) in [6.45, 7) is 4.28. The van der Waals surface area contributed by atoms with Gasteiger partial charge in [0.05, 0.1) is 5.56 Å². The third-order valence-electron chi connectivity index (χ3n) is 4.27. The molecular weight excluding hydrogens is 238 g/mol. The summed E-state index contributed by atoms with van der Waals surface area (Å²) in [4.78, 5) is 11.0. The smallest absolute Gasteiger partial charge is 0.335 e. The molecule has 0 atom stereocenters. The first kappa shape index (κ1) is 13.9. The molecule has 1 aromatic rings. The van der Waals surface area contributed by atoms with Crippen LogP contribution in [0.15, 0.2) is 18.2 Å². The summed E-state index contributed by atoms with van der Waals surface area (Å²) in [5, 5.41) is 12.6. The van der Waals surface area contributed by atoms with Gasteiger partial charge in [-0.2, -0.15) is 0 Å². The van der Waals surface area contributed by atoms with E-state index in [9.17, 15) is 4.79 Å². The minimum absolute atomic E-state index is 0.357. The highest BCUT2D eigenvalue weighted by Crippen LogP contribution is 2.29. The zero-order valence-electron chi connectivity index (χ0n) is 11.8. The molecule has 0 aromatic heterocycles. The van der Waals surface area contributed by atoms with E-state index in [1.807, 2.05) is 13.0 Å². The fraction of sp³-hybridized carbons (Fsp3) is 0.562. The van der Waals surface area contributed by atoms with Crippen molar-refractivity contribution in [1.82, 2.24) is 0 Å². The monoisotopic (exact) mass is 261 g/mol. The molecule has 3 nitrogen and oxygen atoms in total. The van der Waals surface area contributed by atoms with Crippen LogP contribution < -0.4 is 5.32 Å². The Morgan fingerprint density at radius 3 is 2.58 bits per heavy atom. The van der Waals surface area contributed by atoms with Gasteiger partial charge in [-0.1, -0.05) is 19.4 Å². The summed E-state index contributed by atoms with van der Waals surface area (Å²) >= 11 is 0. The van der Waals surface area contributed by atoms with E-state index in [1.165, 1.54) is 32.1 Å². The van der Waals surface area contributed by atoms with Crippen molar-refractivity contribution in [3.8, 4) is 0 Å². The van der Waals surface area contributed by atoms with Crippen molar-refractivity contribution in [2.45, 2.75) is 52.0 Å². The van der Waals surface area contributed by atoms with Gasteiger partial charge in [0, 0.05) is 11.7 Å². The lowest BCUT2D eigenvalue weighted by Crippen LogP contribution is -2.26. The number of hydrogen-bond donors (Lipinski definition) is 2. The number of benzene rings is 1. The predicted octanol–water partition coefficient (Wildman–Crippen LogP) is 4.07. The molecule has 0 saturated heterocycles. The highest BCUT2D eigenvalue weighted by Gasteiger charge is 2.20. The summed E-state index contributed by atoms with van der Waals surface area (Å²) in [5.41, 5.74) is 2.44. The summed E-state index contributed by atoms with van der Waals surface area (Å²) in [5.74, 6) is 0.0160. The number of anilines is 1. The molecule has 19 heavy (non-hydrogen) atoms. The number of carboxylic acid groups (broad SMARTS) is 1. The molecule has 0 spiro atoms. The van der Waals surface area contributed by atoms with Gasteiger partial charge in [0.2, 0.25) is 0 Å². The van der Waals surface area contributed by atoms with Crippen LogP contribution in [-0.4, -0.2) is 17.1 Å². The van der Waals surface area contributed by atoms with E-state index in [0.717, 1.165) is 17.2 Å². The predicted molar refractivity (Wildman–Crippen MR) is 77.8 cm³/mol. The summed E-state index contributed by atoms with van der Waals surface area (Å²) in [6, 6.07) is 5.79. The van der Waals surface area contributed by atoms with Crippen molar-refractivity contribution in [3.63, 3.8) is 0 Å². The van der Waals surface area contributed by atoms with Crippen LogP contribution >= 0.6 is 0 Å². The third-order valence-corrected chi connectivity index (χ3v) is 4.27. The van der Waals surface area contributed by atoms with Crippen molar-refractivity contribution in [3.05, 3.63) is 29.3 Å². The maximum absolute atomic E-state index is 11.0. The third kappa shape index (κ3) is 3.49. The van der Waals surface area contributed by atoms with Crippen LogP contribution in [0.25, 0.3) is 0 Å². The fourth-order valence-corrected chi connectivity index (χ4v) is 2.85. The van der Waals surface area contributed by atoms with Crippen molar-refractivity contribution in [2.75, 3.05) is 5.32 Å². The molecule has 1 aromatic carbocycles. The second-order valence-corrected chi connectivity index (χ2v) is 5.61. The molecule has 2 rings (SSSR count). The normalized spacial score (nSPS) is 23.1. The maximum Gasteiger partial charge on any atom is 0.335 e. The minimum Gasteiger partial charge on any atom is -0.478 e. The van der Waals surface area contributed by atoms with Gasteiger partial charge in [-0.15, -0.1) is 0 Å². The lowest BCUT2D eigenvalue weighted by Gasteiger charge is -2.29. The van der Waals surface area contributed by atoms with E-state index in [-0.39, 0.29) is 0 Å². The van der Waals surface area contributed by atoms with Gasteiger partial charge >= 0.3 is 5.97 Å². The Morgan fingerprint density at radius 1 is 1.32 bits per heavy atom. The average molecular weight is 261 g/mol. The van der Waals surface area contributed by atoms with E-state index in [0.29, 0.717) is 11.6 Å². The molecule has 1 aliphatic carbocycles. The van der Waals surface area contributed by atoms with E-state index in [2.05, 4.69) is 12.2 Å². The quantitative estimate of drug-likeness (QED) is 0.858. The number of aromatic carboxylic acids is 1. The van der Waals surface area contributed by atoms with Gasteiger partial charge in [0.1, 0.15) is 0 Å². The van der Waals surface area contributed by atoms with E-state index < -0.39 is 5.97 Å². The highest BCUT2D eigenvalue weighted by molar-refractivity contribution is 5.89. The van der Waals surface area contributed by atoms with Gasteiger partial charge in [-0.05, 0) is 56.2 Å². The molecular formula is C16H23NO2. The average Bonchev–Trinajstić information content (AvgIpc) is 2.42. The van der Waals surface area contributed by atoms with Crippen LogP contribution in [0.5, 0.6) is 0 Å². The number of hydrogen-bond acceptors (Lipinski definition) is 2. The lowest BCUT2D eigenvalue weighted by atomic mass is 9.84. The molecule has 1 fully saturated rings. The van der Waals surface area contributed by atoms with Gasteiger partial charge in [-0.3, -0.25) is 0 Å². The topological polar surface area (TPSA) is 49.3 Å². The molecule has 1 saturated carbocycles. The summed E-state index contributed by atoms with van der Waals surface area (Å²) in [7, 11) is 0. The fourth-order valence-electron chi connectivity index (χ4n) is 2.85. The molecule has 0 heterocycles. The Hall–Kier alpha value is -1.51. The van der Waals surface area contributed by atoms with Gasteiger partial charge in [0.15, 0.2) is 0 Å². The molecule has 0 unspecified atom stereocenters. The minimum atomic E-state index is -0.863. The highest BCUT2D eigenvalue weighted by atomic mass is 16.4. The number of carboxylic acids is 1. The number of aryl methyl sites for hydroxylation is 1. The van der Waals surface area contributed by atoms with Crippen molar-refractivity contribution < 1.29 is 9.90 Å². The van der Waals surface area contributed by atoms with E-state index in [4.69, 9.17) is 5.11 Å². The largest absolute Gasteiger partial charge is 0.478 e. The van der Waals surface area contributed by atoms with Gasteiger partial charge < -0.3 is 10.4 Å². The zero-order valence-corrected chi connectivity index (χ0v) is 11.8. The van der Waals surface area contributed by atoms with Gasteiger partial charge in [0.25, 0.3) is 0 Å². The van der Waals surface area contributed by atoms with Crippen molar-refractivity contribution in [2.24, 2.45) is 5.92 Å². The number of nitrogens with one attached hydrogen (secondary N) is 1. The lowest BCUT2D eigenvalue weighted by molar-refractivity contribution is 0.0697. The Morgan fingerprint density at radius 2 is 2.00 bits per heavy atom. The van der Waals surface area contributed by atoms with E-state index in [1.54, 1.807) is 12.1 Å². The molecule has 0 amide bonds. The van der Waals surface area contributed by atoms with Crippen molar-refractivity contribution in [1.29, 1.82) is 0 Å². The van der Waals surface area contributed by atoms with Crippen molar-refractivity contribution >= 4 is 11.7 Å². The van der Waals surface area contributed by atoms with Crippen LogP contribution in [0.2, 0.25) is 0 Å². The second kappa shape index (κ2) is 6.09. The summed E-state index contributed by atoms with van der Waals surface area (Å²) < 4.78 is 0. The Balaban J connectivity index is 2.03. The van der Waals surface area contributed by atoms with Crippen LogP contribution in [0.3, 0.4) is 0 Å². The van der Waals surface area contributed by atoms with Crippen LogP contribution in [0.4, 0.5) is 5.69 Å². The van der Waals surface area contributed by atoms with Gasteiger partial charge in [-0.25, -0.2) is 4.79 Å². The molecule has 1 aliphatic rings. The number of carbonyl (C=O) groups is 1. The molecule has 0 radical (unpaired) electrons. The SMILES string of the molecule is CCC1CCC(Nc2cc(C(=O)O)ccc2C)CC1. The van der Waals surface area contributed by atoms with E-state index >= 15 is 0 Å². The first-order valence-electron chi connectivity index (χ1n) is 7.20. The van der Waals surface area contributed by atoms with Crippen LogP contribution in [0.1, 0.15) is 54.9 Å². The van der Waals surface area contributed by atoms with Crippen LogP contribution in [0, 0.1) is 12.8 Å². The maximum atomic E-state index is 11.0. The summed E-state index contributed by atoms with van der Waals surface area (Å²) in [6.07, 6.45) is 6.22. The zero-order chi connectivity index (χ0) is 13.8. The molecule has 104 valence electrons. The van der Waals surface area contributed by atoms with Crippen LogP contribution in [-0.2, 0) is 0 Å². The molecule has 0 bridgehead atoms. The Kier molecular flexibility index (Phi) is 4.46. The second-order valence-electron chi connectivity index (χ2n) is 5.61. The first-order chi connectivity index (χ1) is 9.10. The first-order valence-corrected chi connectivity index (χ1v) is 7.20. The standard InChI is InChI=1S/C16H23NO2/c1-3-12-5-8-14(9-6-12)17-15-10-13(16(18)19)7-4-11(15)2/h4,7,10,12,14,17H,3,5-6,8-9H2,1-2H3,(H,18,19).